The molecule has 6 nitrogen and oxygen atoms in total. The lowest BCUT2D eigenvalue weighted by Gasteiger charge is -2.44. The zero-order valence-electron chi connectivity index (χ0n) is 15.0. The van der Waals surface area contributed by atoms with Crippen LogP contribution in [0.4, 0.5) is 0 Å². The van der Waals surface area contributed by atoms with Crippen molar-refractivity contribution < 1.29 is 28.5 Å². The van der Waals surface area contributed by atoms with Crippen molar-refractivity contribution in [2.45, 2.75) is 71.7 Å². The van der Waals surface area contributed by atoms with E-state index in [0.717, 1.165) is 25.7 Å². The van der Waals surface area contributed by atoms with E-state index in [-0.39, 0.29) is 25.4 Å². The van der Waals surface area contributed by atoms with E-state index in [0.29, 0.717) is 19.4 Å². The molecule has 0 amide bonds. The van der Waals surface area contributed by atoms with E-state index >= 15 is 0 Å². The van der Waals surface area contributed by atoms with E-state index < -0.39 is 23.5 Å². The van der Waals surface area contributed by atoms with E-state index in [4.69, 9.17) is 18.9 Å². The molecule has 138 valence electrons. The van der Waals surface area contributed by atoms with Gasteiger partial charge in [-0.3, -0.25) is 9.59 Å². The van der Waals surface area contributed by atoms with Gasteiger partial charge in [0.05, 0.1) is 25.9 Å². The first-order chi connectivity index (χ1) is 11.6. The maximum absolute atomic E-state index is 12.8. The molecule has 0 spiro atoms. The summed E-state index contributed by atoms with van der Waals surface area (Å²) < 4.78 is 22.3. The van der Waals surface area contributed by atoms with Gasteiger partial charge in [-0.05, 0) is 33.1 Å². The van der Waals surface area contributed by atoms with Gasteiger partial charge in [-0.1, -0.05) is 26.2 Å². The number of hydrogen-bond acceptors (Lipinski definition) is 6. The molecule has 2 rings (SSSR count). The normalized spacial score (nSPS) is 28.2. The van der Waals surface area contributed by atoms with E-state index in [2.05, 4.69) is 6.92 Å². The van der Waals surface area contributed by atoms with Gasteiger partial charge in [0.15, 0.2) is 11.7 Å². The molecule has 24 heavy (non-hydrogen) atoms. The first kappa shape index (κ1) is 19.2. The van der Waals surface area contributed by atoms with Crippen LogP contribution in [-0.2, 0) is 28.5 Å². The third-order valence-electron chi connectivity index (χ3n) is 4.94. The Hall–Kier alpha value is -1.14. The van der Waals surface area contributed by atoms with E-state index in [1.807, 2.05) is 0 Å². The molecule has 0 aliphatic carbocycles. The summed E-state index contributed by atoms with van der Waals surface area (Å²) in [5.41, 5.74) is -1.37. The summed E-state index contributed by atoms with van der Waals surface area (Å²) >= 11 is 0. The first-order valence-corrected chi connectivity index (χ1v) is 9.21. The largest absolute Gasteiger partial charge is 0.465 e. The first-order valence-electron chi connectivity index (χ1n) is 9.21. The number of unbranched alkanes of at least 4 members (excludes halogenated alkanes) is 2. The molecule has 0 aromatic rings. The Bertz CT molecular complexity index is 417. The predicted octanol–water partition coefficient (Wildman–Crippen LogP) is 2.83. The molecule has 2 fully saturated rings. The maximum Gasteiger partial charge on any atom is 0.326 e. The van der Waals surface area contributed by atoms with Gasteiger partial charge in [0.25, 0.3) is 0 Å². The third-order valence-corrected chi connectivity index (χ3v) is 4.94. The van der Waals surface area contributed by atoms with Gasteiger partial charge in [-0.25, -0.2) is 0 Å². The van der Waals surface area contributed by atoms with Gasteiger partial charge in [-0.15, -0.1) is 0 Å². The van der Waals surface area contributed by atoms with Crippen LogP contribution in [0.15, 0.2) is 0 Å². The molecule has 3 atom stereocenters. The fraction of sp³-hybridized carbons (Fsp3) is 0.889. The zero-order chi connectivity index (χ0) is 17.6. The van der Waals surface area contributed by atoms with Crippen LogP contribution in [-0.4, -0.2) is 44.2 Å². The molecule has 2 heterocycles. The second-order valence-electron chi connectivity index (χ2n) is 6.52. The maximum atomic E-state index is 12.8. The number of carbonyl (C=O) groups excluding carboxylic acids is 2. The lowest BCUT2D eigenvalue weighted by Crippen LogP contribution is -2.57. The molecule has 0 radical (unpaired) electrons. The minimum absolute atomic E-state index is 0.0289. The molecule has 2 saturated heterocycles. The van der Waals surface area contributed by atoms with E-state index in [1.165, 1.54) is 0 Å². The van der Waals surface area contributed by atoms with Gasteiger partial charge in [-0.2, -0.15) is 0 Å². The van der Waals surface area contributed by atoms with Crippen LogP contribution in [0.2, 0.25) is 0 Å². The van der Waals surface area contributed by atoms with E-state index in [9.17, 15) is 9.59 Å². The Labute approximate surface area is 144 Å². The molecule has 0 saturated carbocycles. The lowest BCUT2D eigenvalue weighted by molar-refractivity contribution is -0.241. The van der Waals surface area contributed by atoms with E-state index in [1.54, 1.807) is 13.8 Å². The summed E-state index contributed by atoms with van der Waals surface area (Å²) in [7, 11) is 0. The topological polar surface area (TPSA) is 71.1 Å². The molecule has 2 aliphatic rings. The highest BCUT2D eigenvalue weighted by Crippen LogP contribution is 2.47. The molecular weight excluding hydrogens is 312 g/mol. The van der Waals surface area contributed by atoms with Crippen LogP contribution in [0.3, 0.4) is 0 Å². The number of hydrogen-bond donors (Lipinski definition) is 0. The predicted molar refractivity (Wildman–Crippen MR) is 87.2 cm³/mol. The fourth-order valence-corrected chi connectivity index (χ4v) is 3.71. The monoisotopic (exact) mass is 342 g/mol. The molecule has 0 unspecified atom stereocenters. The molecule has 0 aromatic carbocycles. The minimum Gasteiger partial charge on any atom is -0.465 e. The van der Waals surface area contributed by atoms with Crippen molar-refractivity contribution in [1.82, 2.24) is 0 Å². The number of rotatable bonds is 8. The van der Waals surface area contributed by atoms with Crippen molar-refractivity contribution in [2.75, 3.05) is 19.8 Å². The number of fused-ring (bicyclic) bond motifs is 1. The fourth-order valence-electron chi connectivity index (χ4n) is 3.71. The second-order valence-corrected chi connectivity index (χ2v) is 6.52. The average molecular weight is 342 g/mol. The van der Waals surface area contributed by atoms with Gasteiger partial charge in [0.1, 0.15) is 0 Å². The zero-order valence-corrected chi connectivity index (χ0v) is 15.0. The van der Waals surface area contributed by atoms with Crippen LogP contribution >= 0.6 is 0 Å². The van der Waals surface area contributed by atoms with Gasteiger partial charge >= 0.3 is 11.9 Å². The summed E-state index contributed by atoms with van der Waals surface area (Å²) in [6, 6.07) is 0. The van der Waals surface area contributed by atoms with Crippen molar-refractivity contribution in [3.63, 3.8) is 0 Å². The van der Waals surface area contributed by atoms with Crippen LogP contribution < -0.4 is 0 Å². The Balaban J connectivity index is 2.31. The molecule has 6 heteroatoms. The summed E-state index contributed by atoms with van der Waals surface area (Å²) in [4.78, 5) is 25.6. The Morgan fingerprint density at radius 2 is 1.75 bits per heavy atom. The van der Waals surface area contributed by atoms with Crippen LogP contribution in [0, 0.1) is 11.3 Å². The number of ether oxygens (including phenoxy) is 4. The highest BCUT2D eigenvalue weighted by molar-refractivity contribution is 6.01. The highest BCUT2D eigenvalue weighted by atomic mass is 16.7. The van der Waals surface area contributed by atoms with Crippen molar-refractivity contribution in [2.24, 2.45) is 11.3 Å². The summed E-state index contributed by atoms with van der Waals surface area (Å²) in [5, 5.41) is 0. The minimum atomic E-state index is -1.37. The van der Waals surface area contributed by atoms with Crippen LogP contribution in [0.1, 0.15) is 59.3 Å². The Kier molecular flexibility index (Phi) is 7.04. The smallest absolute Gasteiger partial charge is 0.326 e. The van der Waals surface area contributed by atoms with Crippen molar-refractivity contribution in [3.8, 4) is 0 Å². The molecule has 0 bridgehead atoms. The Morgan fingerprint density at radius 1 is 1.08 bits per heavy atom. The molecule has 2 aliphatic heterocycles. The molecular formula is C18H30O6. The van der Waals surface area contributed by atoms with Crippen molar-refractivity contribution in [3.05, 3.63) is 0 Å². The third kappa shape index (κ3) is 3.75. The van der Waals surface area contributed by atoms with Crippen LogP contribution in [0.25, 0.3) is 0 Å². The number of esters is 2. The van der Waals surface area contributed by atoms with Gasteiger partial charge in [0, 0.05) is 5.92 Å². The lowest BCUT2D eigenvalue weighted by atomic mass is 9.70. The highest BCUT2D eigenvalue weighted by Gasteiger charge is 2.61. The SMILES string of the molecule is CCCCC[C@H]1O[C@H]2OCC[C@H]2CC1(C(=O)OCC)C(=O)OCC. The number of carbonyl (C=O) groups is 2. The van der Waals surface area contributed by atoms with Crippen LogP contribution in [0.5, 0.6) is 0 Å². The average Bonchev–Trinajstić information content (AvgIpc) is 3.01. The quantitative estimate of drug-likeness (QED) is 0.384. The molecule has 0 aromatic heterocycles. The van der Waals surface area contributed by atoms with Crippen molar-refractivity contribution >= 4 is 11.9 Å². The van der Waals surface area contributed by atoms with Gasteiger partial charge in [0.2, 0.25) is 0 Å². The summed E-state index contributed by atoms with van der Waals surface area (Å²) in [6.07, 6.45) is 3.88. The second kappa shape index (κ2) is 8.81. The van der Waals surface area contributed by atoms with Gasteiger partial charge < -0.3 is 18.9 Å². The molecule has 0 N–H and O–H groups in total. The van der Waals surface area contributed by atoms with Crippen molar-refractivity contribution in [1.29, 1.82) is 0 Å². The summed E-state index contributed by atoms with van der Waals surface area (Å²) in [6.45, 7) is 6.65. The summed E-state index contributed by atoms with van der Waals surface area (Å²) in [5.74, 6) is -1.01. The standard InChI is InChI=1S/C18H30O6/c1-4-7-8-9-14-18(16(19)21-5-2,17(20)22-6-3)12-13-10-11-23-15(13)24-14/h13-15H,4-12H2,1-3H3/t13-,14+,15+/m0/s1. The Morgan fingerprint density at radius 3 is 2.33 bits per heavy atom.